The molecule has 2 aromatic rings. The molecule has 0 saturated heterocycles. The second-order valence-electron chi connectivity index (χ2n) is 4.81. The molecule has 1 aromatic heterocycles. The number of likely N-dealkylation sites (N-methyl/N-ethyl adjacent to an activating group) is 1. The number of anilines is 1. The number of rotatable bonds is 2. The minimum Gasteiger partial charge on any atom is -0.489 e. The highest BCUT2D eigenvalue weighted by atomic mass is 16.5. The lowest BCUT2D eigenvalue weighted by Crippen LogP contribution is -2.48. The summed E-state index contributed by atoms with van der Waals surface area (Å²) < 4.78 is 10.4. The van der Waals surface area contributed by atoms with Gasteiger partial charge in [-0.25, -0.2) is 14.7 Å². The summed E-state index contributed by atoms with van der Waals surface area (Å²) >= 11 is 0. The summed E-state index contributed by atoms with van der Waals surface area (Å²) in [6.45, 7) is -0.126. The van der Waals surface area contributed by atoms with Gasteiger partial charge in [0.1, 0.15) is 18.4 Å². The molecule has 1 aliphatic heterocycles. The Bertz CT molecular complexity index is 826. The van der Waals surface area contributed by atoms with Crippen molar-refractivity contribution in [2.75, 3.05) is 18.6 Å². The fourth-order valence-corrected chi connectivity index (χ4v) is 2.24. The lowest BCUT2D eigenvalue weighted by molar-refractivity contribution is -0.120. The average Bonchev–Trinajstić information content (AvgIpc) is 2.91. The highest BCUT2D eigenvalue weighted by Gasteiger charge is 2.30. The largest absolute Gasteiger partial charge is 0.489 e. The van der Waals surface area contributed by atoms with Gasteiger partial charge >= 0.3 is 11.8 Å². The summed E-state index contributed by atoms with van der Waals surface area (Å²) in [7, 11) is 1.50. The number of aromatic nitrogens is 2. The number of benzene rings is 1. The minimum atomic E-state index is -1.31. The Morgan fingerprint density at radius 2 is 2.26 bits per heavy atom. The molecule has 1 aromatic carbocycles. The molecule has 1 atom stereocenters. The Morgan fingerprint density at radius 3 is 2.91 bits per heavy atom. The standard InChI is InChI=1S/C13H12N4O6/c1-17-8-4-6(10-15-16-13(21)23-10)2-3-9(8)22-5-7(11(17)18)14-12(19)20/h2-4,7,14H,5H2,1H3,(H,16,21)(H,19,20). The highest BCUT2D eigenvalue weighted by molar-refractivity contribution is 6.00. The molecule has 0 saturated carbocycles. The zero-order chi connectivity index (χ0) is 16.6. The number of fused-ring (bicyclic) bond motifs is 1. The number of amides is 2. The number of carboxylic acid groups (broad SMARTS) is 1. The lowest BCUT2D eigenvalue weighted by Gasteiger charge is -2.19. The molecule has 1 unspecified atom stereocenters. The van der Waals surface area contributed by atoms with E-state index in [0.717, 1.165) is 0 Å². The maximum absolute atomic E-state index is 12.3. The predicted octanol–water partition coefficient (Wildman–Crippen LogP) is 0.0213. The zero-order valence-corrected chi connectivity index (χ0v) is 11.9. The summed E-state index contributed by atoms with van der Waals surface area (Å²) in [6.07, 6.45) is -1.31. The van der Waals surface area contributed by atoms with Gasteiger partial charge in [-0.3, -0.25) is 4.79 Å². The van der Waals surface area contributed by atoms with Gasteiger partial charge in [0, 0.05) is 12.6 Å². The third-order valence-corrected chi connectivity index (χ3v) is 3.34. The Hall–Kier alpha value is -3.30. The minimum absolute atomic E-state index is 0.0723. The van der Waals surface area contributed by atoms with Crippen molar-refractivity contribution in [2.24, 2.45) is 0 Å². The Morgan fingerprint density at radius 1 is 1.48 bits per heavy atom. The smallest absolute Gasteiger partial charge is 0.434 e. The fraction of sp³-hybridized carbons (Fsp3) is 0.231. The maximum atomic E-state index is 12.3. The van der Waals surface area contributed by atoms with Gasteiger partial charge in [-0.2, -0.15) is 0 Å². The maximum Gasteiger partial charge on any atom is 0.434 e. The first-order chi connectivity index (χ1) is 11.0. The first-order valence-electron chi connectivity index (χ1n) is 6.55. The monoisotopic (exact) mass is 320 g/mol. The van der Waals surface area contributed by atoms with Crippen LogP contribution in [0.25, 0.3) is 11.5 Å². The molecule has 10 nitrogen and oxygen atoms in total. The Kier molecular flexibility index (Phi) is 3.48. The number of nitrogens with zero attached hydrogens (tertiary/aromatic N) is 2. The SMILES string of the molecule is CN1C(=O)C(NC(=O)O)COc2ccc(-c3n[nH]c(=O)o3)cc21. The third-order valence-electron chi connectivity index (χ3n) is 3.34. The molecule has 23 heavy (non-hydrogen) atoms. The Labute approximate surface area is 128 Å². The third kappa shape index (κ3) is 2.73. The van der Waals surface area contributed by atoms with Crippen molar-refractivity contribution >= 4 is 17.7 Å². The van der Waals surface area contributed by atoms with Crippen LogP contribution in [-0.4, -0.2) is 47.0 Å². The first kappa shape index (κ1) is 14.6. The van der Waals surface area contributed by atoms with Crippen molar-refractivity contribution in [1.29, 1.82) is 0 Å². The van der Waals surface area contributed by atoms with E-state index in [2.05, 4.69) is 15.5 Å². The number of aromatic amines is 1. The van der Waals surface area contributed by atoms with Crippen LogP contribution < -0.4 is 20.7 Å². The second kappa shape index (κ2) is 5.48. The molecule has 2 heterocycles. The van der Waals surface area contributed by atoms with Crippen LogP contribution in [0.3, 0.4) is 0 Å². The van der Waals surface area contributed by atoms with Crippen LogP contribution >= 0.6 is 0 Å². The molecule has 10 heteroatoms. The fourth-order valence-electron chi connectivity index (χ4n) is 2.24. The predicted molar refractivity (Wildman–Crippen MR) is 76.4 cm³/mol. The summed E-state index contributed by atoms with van der Waals surface area (Å²) in [4.78, 5) is 35.4. The number of carbonyl (C=O) groups excluding carboxylic acids is 1. The Balaban J connectivity index is 1.97. The molecule has 3 rings (SSSR count). The van der Waals surface area contributed by atoms with Crippen LogP contribution in [0.2, 0.25) is 0 Å². The number of carbonyl (C=O) groups is 2. The number of ether oxygens (including phenoxy) is 1. The van der Waals surface area contributed by atoms with Crippen LogP contribution in [0.5, 0.6) is 5.75 Å². The van der Waals surface area contributed by atoms with Gasteiger partial charge < -0.3 is 24.5 Å². The van der Waals surface area contributed by atoms with Crippen LogP contribution in [-0.2, 0) is 4.79 Å². The van der Waals surface area contributed by atoms with Gasteiger partial charge in [0.05, 0.1) is 5.69 Å². The van der Waals surface area contributed by atoms with Crippen LogP contribution in [0, 0.1) is 0 Å². The molecule has 0 bridgehead atoms. The topological polar surface area (TPSA) is 138 Å². The van der Waals surface area contributed by atoms with Crippen LogP contribution in [0.4, 0.5) is 10.5 Å². The van der Waals surface area contributed by atoms with Crippen LogP contribution in [0.15, 0.2) is 27.4 Å². The van der Waals surface area contributed by atoms with Gasteiger partial charge in [-0.15, -0.1) is 5.10 Å². The molecule has 0 spiro atoms. The number of nitrogens with one attached hydrogen (secondary N) is 2. The van der Waals surface area contributed by atoms with Crippen LogP contribution in [0.1, 0.15) is 0 Å². The van der Waals surface area contributed by atoms with E-state index in [9.17, 15) is 14.4 Å². The molecule has 2 amide bonds. The lowest BCUT2D eigenvalue weighted by atomic mass is 10.1. The average molecular weight is 320 g/mol. The van der Waals surface area contributed by atoms with E-state index in [1.54, 1.807) is 18.2 Å². The number of hydrogen-bond acceptors (Lipinski definition) is 6. The molecule has 3 N–H and O–H groups in total. The molecular formula is C13H12N4O6. The van der Waals surface area contributed by atoms with Gasteiger partial charge in [0.25, 0.3) is 5.91 Å². The quantitative estimate of drug-likeness (QED) is 0.709. The van der Waals surface area contributed by atoms with E-state index in [0.29, 0.717) is 17.0 Å². The summed E-state index contributed by atoms with van der Waals surface area (Å²) in [5.74, 6) is -0.687. The molecule has 1 aliphatic rings. The van der Waals surface area contributed by atoms with E-state index >= 15 is 0 Å². The summed E-state index contributed by atoms with van der Waals surface area (Å²) in [5.41, 5.74) is 0.878. The van der Waals surface area contributed by atoms with Gasteiger partial charge in [-0.05, 0) is 18.2 Å². The molecular weight excluding hydrogens is 308 g/mol. The van der Waals surface area contributed by atoms with Gasteiger partial charge in [0.15, 0.2) is 0 Å². The summed E-state index contributed by atoms with van der Waals surface area (Å²) in [6, 6.07) is 3.75. The van der Waals surface area contributed by atoms with Gasteiger partial charge in [0.2, 0.25) is 5.89 Å². The molecule has 120 valence electrons. The van der Waals surface area contributed by atoms with Crippen molar-refractivity contribution in [3.8, 4) is 17.2 Å². The van der Waals surface area contributed by atoms with Gasteiger partial charge in [-0.1, -0.05) is 0 Å². The molecule has 0 aliphatic carbocycles. The van der Waals surface area contributed by atoms with E-state index in [1.807, 2.05) is 0 Å². The number of hydrogen-bond donors (Lipinski definition) is 3. The normalized spacial score (nSPS) is 17.2. The van der Waals surface area contributed by atoms with Crippen molar-refractivity contribution < 1.29 is 23.8 Å². The van der Waals surface area contributed by atoms with Crippen molar-refractivity contribution in [3.63, 3.8) is 0 Å². The summed E-state index contributed by atoms with van der Waals surface area (Å²) in [5, 5.41) is 16.8. The highest BCUT2D eigenvalue weighted by Crippen LogP contribution is 2.34. The van der Waals surface area contributed by atoms with Crippen molar-refractivity contribution in [1.82, 2.24) is 15.5 Å². The van der Waals surface area contributed by atoms with E-state index < -0.39 is 23.8 Å². The second-order valence-corrected chi connectivity index (χ2v) is 4.81. The number of H-pyrrole nitrogens is 1. The van der Waals surface area contributed by atoms with E-state index in [-0.39, 0.29) is 12.5 Å². The molecule has 0 radical (unpaired) electrons. The molecule has 0 fully saturated rings. The van der Waals surface area contributed by atoms with Crippen molar-refractivity contribution in [2.45, 2.75) is 6.04 Å². The van der Waals surface area contributed by atoms with E-state index in [1.165, 1.54) is 11.9 Å². The van der Waals surface area contributed by atoms with E-state index in [4.69, 9.17) is 14.3 Å². The zero-order valence-electron chi connectivity index (χ0n) is 11.9. The van der Waals surface area contributed by atoms with Crippen molar-refractivity contribution in [3.05, 3.63) is 28.7 Å². The first-order valence-corrected chi connectivity index (χ1v) is 6.55.